The molecule has 0 bridgehead atoms. The molecular formula is C30H36N2O9. The molecule has 0 heterocycles. The number of phenolic OH excluding ortho intramolecular Hbond substituents is 1. The van der Waals surface area contributed by atoms with Crippen LogP contribution in [0.5, 0.6) is 5.75 Å². The second-order valence-electron chi connectivity index (χ2n) is 12.3. The third kappa shape index (κ3) is 4.07. The normalized spacial score (nSPS) is 35.5. The van der Waals surface area contributed by atoms with Crippen LogP contribution in [0.4, 0.5) is 0 Å². The molecule has 11 nitrogen and oxygen atoms in total. The number of phenols is 1. The molecule has 220 valence electrons. The van der Waals surface area contributed by atoms with E-state index < -0.39 is 88.3 Å². The first kappa shape index (κ1) is 29.1. The van der Waals surface area contributed by atoms with E-state index in [1.54, 1.807) is 19.9 Å². The standard InChI is InChI=1S/C30H36N2O9/c1-12-10-11-15(33)18-16(12)13(2)17-19(23(18)34)26(36)30(40)21(25(17)41-29(39)14-8-6-5-7-9-14)22(32(3)4)24(35)20(27(30)37)28(31)38/h10-11,13-14,17,19-22,25,33,40H,5-9H2,1-4H3,(H2,31,38)/t13?,17?,19?,20?,21?,22-,25?,30-/m0/s1. The van der Waals surface area contributed by atoms with Gasteiger partial charge < -0.3 is 20.7 Å². The number of ether oxygens (including phenoxy) is 1. The third-order valence-electron chi connectivity index (χ3n) is 9.85. The number of likely N-dealkylation sites (N-methyl/N-ethyl adjacent to an activating group) is 1. The minimum absolute atomic E-state index is 0.0959. The van der Waals surface area contributed by atoms with Crippen LogP contribution in [-0.2, 0) is 28.7 Å². The number of aromatic hydroxyl groups is 1. The quantitative estimate of drug-likeness (QED) is 0.348. The highest BCUT2D eigenvalue weighted by molar-refractivity contribution is 6.32. The van der Waals surface area contributed by atoms with Gasteiger partial charge in [0.15, 0.2) is 34.7 Å². The number of esters is 1. The van der Waals surface area contributed by atoms with Crippen molar-refractivity contribution in [1.29, 1.82) is 0 Å². The number of carbonyl (C=O) groups excluding carboxylic acids is 6. The van der Waals surface area contributed by atoms with Crippen molar-refractivity contribution < 1.29 is 43.7 Å². The van der Waals surface area contributed by atoms with Crippen molar-refractivity contribution in [3.63, 3.8) is 0 Å². The summed E-state index contributed by atoms with van der Waals surface area (Å²) in [5.74, 6) is -14.1. The number of nitrogens with two attached hydrogens (primary N) is 1. The zero-order valence-corrected chi connectivity index (χ0v) is 23.6. The Bertz CT molecular complexity index is 1360. The topological polar surface area (TPSA) is 181 Å². The summed E-state index contributed by atoms with van der Waals surface area (Å²) in [4.78, 5) is 83.0. The van der Waals surface area contributed by atoms with Crippen molar-refractivity contribution in [2.45, 2.75) is 69.6 Å². The van der Waals surface area contributed by atoms with E-state index in [4.69, 9.17) is 10.5 Å². The molecule has 3 fully saturated rings. The van der Waals surface area contributed by atoms with E-state index in [1.165, 1.54) is 25.1 Å². The number of nitrogens with zero attached hydrogens (tertiary/aromatic N) is 1. The number of primary amides is 1. The Kier molecular flexibility index (Phi) is 7.18. The largest absolute Gasteiger partial charge is 0.507 e. The number of fused-ring (bicyclic) bond motifs is 3. The molecule has 0 radical (unpaired) electrons. The number of rotatable bonds is 4. The molecule has 11 heteroatoms. The lowest BCUT2D eigenvalue weighted by atomic mass is 9.49. The summed E-state index contributed by atoms with van der Waals surface area (Å²) in [6, 6.07) is 1.56. The van der Waals surface area contributed by atoms with E-state index in [2.05, 4.69) is 0 Å². The highest BCUT2D eigenvalue weighted by Gasteiger charge is 2.74. The molecule has 0 aromatic heterocycles. The molecule has 6 unspecified atom stereocenters. The predicted octanol–water partition coefficient (Wildman–Crippen LogP) is 0.838. The van der Waals surface area contributed by atoms with Crippen LogP contribution in [0, 0.1) is 36.5 Å². The van der Waals surface area contributed by atoms with Crippen molar-refractivity contribution in [1.82, 2.24) is 4.90 Å². The fourth-order valence-corrected chi connectivity index (χ4v) is 7.97. The van der Waals surface area contributed by atoms with Gasteiger partial charge >= 0.3 is 5.97 Å². The molecule has 0 aliphatic heterocycles. The van der Waals surface area contributed by atoms with Gasteiger partial charge in [-0.2, -0.15) is 0 Å². The Balaban J connectivity index is 1.75. The van der Waals surface area contributed by atoms with Gasteiger partial charge in [-0.15, -0.1) is 0 Å². The summed E-state index contributed by atoms with van der Waals surface area (Å²) in [6.45, 7) is 3.48. The second kappa shape index (κ2) is 10.1. The summed E-state index contributed by atoms with van der Waals surface area (Å²) >= 11 is 0. The Morgan fingerprint density at radius 3 is 2.27 bits per heavy atom. The number of aryl methyl sites for hydroxylation is 1. The molecule has 1 amide bonds. The summed E-state index contributed by atoms with van der Waals surface area (Å²) in [5.41, 5.74) is 3.44. The number of Topliss-reactive ketones (excluding diaryl/α,β-unsaturated/α-hetero) is 4. The van der Waals surface area contributed by atoms with Crippen molar-refractivity contribution >= 4 is 35.0 Å². The summed E-state index contributed by atoms with van der Waals surface area (Å²) < 4.78 is 6.15. The molecular weight excluding hydrogens is 532 g/mol. The molecule has 8 atom stereocenters. The number of hydrogen-bond acceptors (Lipinski definition) is 10. The van der Waals surface area contributed by atoms with Crippen LogP contribution in [0.1, 0.15) is 66.4 Å². The van der Waals surface area contributed by atoms with Crippen LogP contribution in [0.2, 0.25) is 0 Å². The molecule has 0 saturated heterocycles. The highest BCUT2D eigenvalue weighted by Crippen LogP contribution is 2.56. The fourth-order valence-electron chi connectivity index (χ4n) is 7.97. The lowest BCUT2D eigenvalue weighted by Gasteiger charge is -2.56. The van der Waals surface area contributed by atoms with E-state index in [-0.39, 0.29) is 11.3 Å². The monoisotopic (exact) mass is 568 g/mol. The zero-order chi connectivity index (χ0) is 30.1. The SMILES string of the molecule is Cc1ccc(O)c2c1C(C)C1C(C2=O)C(=O)[C@]2(O)C(=O)C(C(N)=O)C(=O)[C@@H](N(C)C)C2C1OC(=O)C1CCCCC1. The second-order valence-corrected chi connectivity index (χ2v) is 12.3. The van der Waals surface area contributed by atoms with Crippen molar-refractivity contribution in [2.75, 3.05) is 14.1 Å². The van der Waals surface area contributed by atoms with E-state index in [0.29, 0.717) is 24.0 Å². The molecule has 1 aromatic carbocycles. The molecule has 4 aliphatic rings. The Morgan fingerprint density at radius 1 is 1.05 bits per heavy atom. The number of benzene rings is 1. The molecule has 4 N–H and O–H groups in total. The maximum atomic E-state index is 14.3. The van der Waals surface area contributed by atoms with Crippen LogP contribution >= 0.6 is 0 Å². The molecule has 1 aromatic rings. The first-order chi connectivity index (χ1) is 19.2. The minimum Gasteiger partial charge on any atom is -0.507 e. The fraction of sp³-hybridized carbons (Fsp3) is 0.600. The van der Waals surface area contributed by atoms with Gasteiger partial charge in [0.25, 0.3) is 0 Å². The first-order valence-electron chi connectivity index (χ1n) is 14.1. The van der Waals surface area contributed by atoms with Gasteiger partial charge in [-0.1, -0.05) is 32.3 Å². The predicted molar refractivity (Wildman–Crippen MR) is 143 cm³/mol. The first-order valence-corrected chi connectivity index (χ1v) is 14.1. The van der Waals surface area contributed by atoms with Crippen molar-refractivity contribution in [3.8, 4) is 5.75 Å². The van der Waals surface area contributed by atoms with Crippen LogP contribution in [0.25, 0.3) is 0 Å². The van der Waals surface area contributed by atoms with E-state index in [0.717, 1.165) is 19.3 Å². The number of aliphatic hydroxyl groups is 1. The summed E-state index contributed by atoms with van der Waals surface area (Å²) in [7, 11) is 2.97. The Hall–Kier alpha value is -3.44. The lowest BCUT2D eigenvalue weighted by Crippen LogP contribution is -2.78. The smallest absolute Gasteiger partial charge is 0.309 e. The summed E-state index contributed by atoms with van der Waals surface area (Å²) in [5, 5.41) is 22.8. The van der Waals surface area contributed by atoms with Gasteiger partial charge in [0.1, 0.15) is 11.9 Å². The number of hydrogen-bond donors (Lipinski definition) is 3. The van der Waals surface area contributed by atoms with Gasteiger partial charge in [0.2, 0.25) is 5.91 Å². The molecule has 41 heavy (non-hydrogen) atoms. The number of ketones is 4. The minimum atomic E-state index is -3.02. The Morgan fingerprint density at radius 2 is 1.68 bits per heavy atom. The van der Waals surface area contributed by atoms with E-state index in [1.807, 2.05) is 0 Å². The van der Waals surface area contributed by atoms with Crippen LogP contribution in [0.15, 0.2) is 12.1 Å². The van der Waals surface area contributed by atoms with Gasteiger partial charge in [-0.3, -0.25) is 33.7 Å². The Labute approximate surface area is 237 Å². The highest BCUT2D eigenvalue weighted by atomic mass is 16.5. The zero-order valence-electron chi connectivity index (χ0n) is 23.6. The maximum Gasteiger partial charge on any atom is 0.309 e. The average Bonchev–Trinajstić information content (AvgIpc) is 2.91. The third-order valence-corrected chi connectivity index (χ3v) is 9.85. The van der Waals surface area contributed by atoms with Gasteiger partial charge in [0.05, 0.1) is 29.4 Å². The molecule has 0 spiro atoms. The van der Waals surface area contributed by atoms with Gasteiger partial charge in [-0.05, 0) is 57.0 Å². The van der Waals surface area contributed by atoms with Crippen molar-refractivity contribution in [3.05, 3.63) is 28.8 Å². The average molecular weight is 569 g/mol. The van der Waals surface area contributed by atoms with Crippen molar-refractivity contribution in [2.24, 2.45) is 35.3 Å². The molecule has 5 rings (SSSR count). The van der Waals surface area contributed by atoms with Gasteiger partial charge in [0, 0.05) is 5.92 Å². The molecule has 3 saturated carbocycles. The van der Waals surface area contributed by atoms with E-state index in [9.17, 15) is 39.0 Å². The van der Waals surface area contributed by atoms with Gasteiger partial charge in [-0.25, -0.2) is 0 Å². The molecule has 4 aliphatic carbocycles. The number of amides is 1. The number of carbonyl (C=O) groups is 6. The van der Waals surface area contributed by atoms with Crippen LogP contribution < -0.4 is 5.73 Å². The van der Waals surface area contributed by atoms with Crippen LogP contribution in [0.3, 0.4) is 0 Å². The lowest BCUT2D eigenvalue weighted by molar-refractivity contribution is -0.207. The summed E-state index contributed by atoms with van der Waals surface area (Å²) in [6.07, 6.45) is 2.36. The maximum absolute atomic E-state index is 14.3. The van der Waals surface area contributed by atoms with E-state index >= 15 is 0 Å². The van der Waals surface area contributed by atoms with Crippen LogP contribution in [-0.4, -0.2) is 82.0 Å².